The average Bonchev–Trinajstić information content (AvgIpc) is 2.19. The fourth-order valence-electron chi connectivity index (χ4n) is 1.69. The van der Waals surface area contributed by atoms with Crippen LogP contribution in [0.2, 0.25) is 0 Å². The van der Waals surface area contributed by atoms with Crippen molar-refractivity contribution >= 4 is 5.69 Å². The average molecular weight is 211 g/mol. The molecule has 0 radical (unpaired) electrons. The van der Waals surface area contributed by atoms with Crippen molar-refractivity contribution in [2.24, 2.45) is 0 Å². The van der Waals surface area contributed by atoms with Crippen molar-refractivity contribution in [2.45, 2.75) is 33.1 Å². The second kappa shape index (κ2) is 4.38. The number of rotatable bonds is 3. The molecule has 0 amide bonds. The lowest BCUT2D eigenvalue weighted by Gasteiger charge is -2.12. The SMILES string of the molecule is CCC(C)c1c(C)ccc(F)c1[N+](=O)[O-]. The monoisotopic (exact) mass is 211 g/mol. The Morgan fingerprint density at radius 3 is 2.60 bits per heavy atom. The van der Waals surface area contributed by atoms with Crippen molar-refractivity contribution in [2.75, 3.05) is 0 Å². The van der Waals surface area contributed by atoms with E-state index in [0.29, 0.717) is 5.56 Å². The zero-order chi connectivity index (χ0) is 11.6. The summed E-state index contributed by atoms with van der Waals surface area (Å²) >= 11 is 0. The maximum Gasteiger partial charge on any atom is 0.308 e. The normalized spacial score (nSPS) is 12.5. The number of benzene rings is 1. The molecule has 0 heterocycles. The number of nitrogens with zero attached hydrogens (tertiary/aromatic N) is 1. The number of hydrogen-bond donors (Lipinski definition) is 0. The number of halogens is 1. The second-order valence-electron chi connectivity index (χ2n) is 3.69. The molecule has 0 saturated heterocycles. The van der Waals surface area contributed by atoms with Crippen LogP contribution in [-0.4, -0.2) is 4.92 Å². The van der Waals surface area contributed by atoms with Crippen LogP contribution in [0.1, 0.15) is 37.3 Å². The summed E-state index contributed by atoms with van der Waals surface area (Å²) in [4.78, 5) is 10.1. The number of aryl methyl sites for hydroxylation is 1. The highest BCUT2D eigenvalue weighted by atomic mass is 19.1. The van der Waals surface area contributed by atoms with Gasteiger partial charge in [-0.2, -0.15) is 4.39 Å². The zero-order valence-corrected chi connectivity index (χ0v) is 9.08. The summed E-state index contributed by atoms with van der Waals surface area (Å²) in [6.45, 7) is 5.57. The van der Waals surface area contributed by atoms with E-state index in [1.165, 1.54) is 0 Å². The molecule has 0 aliphatic rings. The topological polar surface area (TPSA) is 43.1 Å². The third kappa shape index (κ3) is 2.14. The molecule has 0 spiro atoms. The standard InChI is InChI=1S/C11H14FNO2/c1-4-7(2)10-8(3)5-6-9(12)11(10)13(14)15/h5-7H,4H2,1-3H3. The molecular formula is C11H14FNO2. The maximum absolute atomic E-state index is 13.3. The van der Waals surface area contributed by atoms with Crippen LogP contribution in [0, 0.1) is 22.9 Å². The molecule has 82 valence electrons. The van der Waals surface area contributed by atoms with Gasteiger partial charge in [-0.25, -0.2) is 0 Å². The minimum Gasteiger partial charge on any atom is -0.258 e. The van der Waals surface area contributed by atoms with Crippen LogP contribution in [0.15, 0.2) is 12.1 Å². The Bertz CT molecular complexity index is 390. The molecule has 0 aliphatic heterocycles. The Kier molecular flexibility index (Phi) is 3.39. The Hall–Kier alpha value is -1.45. The minimum atomic E-state index is -0.749. The number of nitro benzene ring substituents is 1. The van der Waals surface area contributed by atoms with Crippen LogP contribution in [0.4, 0.5) is 10.1 Å². The van der Waals surface area contributed by atoms with Gasteiger partial charge in [0.15, 0.2) is 0 Å². The zero-order valence-electron chi connectivity index (χ0n) is 9.08. The van der Waals surface area contributed by atoms with Crippen LogP contribution >= 0.6 is 0 Å². The van der Waals surface area contributed by atoms with Gasteiger partial charge in [-0.15, -0.1) is 0 Å². The highest BCUT2D eigenvalue weighted by molar-refractivity contribution is 5.48. The highest BCUT2D eigenvalue weighted by Crippen LogP contribution is 2.33. The summed E-state index contributed by atoms with van der Waals surface area (Å²) in [6, 6.07) is 2.74. The van der Waals surface area contributed by atoms with Gasteiger partial charge in [0.1, 0.15) is 0 Å². The first kappa shape index (κ1) is 11.6. The maximum atomic E-state index is 13.3. The molecule has 4 heteroatoms. The van der Waals surface area contributed by atoms with E-state index in [0.717, 1.165) is 18.1 Å². The molecule has 0 bridgehead atoms. The summed E-state index contributed by atoms with van der Waals surface area (Å²) < 4.78 is 13.3. The molecule has 0 N–H and O–H groups in total. The molecule has 1 aromatic rings. The Morgan fingerprint density at radius 1 is 1.53 bits per heavy atom. The van der Waals surface area contributed by atoms with Crippen LogP contribution in [0.3, 0.4) is 0 Å². The summed E-state index contributed by atoms with van der Waals surface area (Å²) in [5, 5.41) is 10.8. The van der Waals surface area contributed by atoms with Crippen LogP contribution in [0.5, 0.6) is 0 Å². The Morgan fingerprint density at radius 2 is 2.13 bits per heavy atom. The van der Waals surface area contributed by atoms with E-state index in [2.05, 4.69) is 0 Å². The number of hydrogen-bond acceptors (Lipinski definition) is 2. The third-order valence-corrected chi connectivity index (χ3v) is 2.67. The second-order valence-corrected chi connectivity index (χ2v) is 3.69. The first-order chi connectivity index (χ1) is 6.99. The molecule has 1 aromatic carbocycles. The predicted molar refractivity (Wildman–Crippen MR) is 56.5 cm³/mol. The van der Waals surface area contributed by atoms with Gasteiger partial charge in [0.05, 0.1) is 4.92 Å². The Balaban J connectivity index is 3.45. The largest absolute Gasteiger partial charge is 0.308 e. The van der Waals surface area contributed by atoms with Crippen LogP contribution < -0.4 is 0 Å². The van der Waals surface area contributed by atoms with Gasteiger partial charge >= 0.3 is 5.69 Å². The lowest BCUT2D eigenvalue weighted by molar-refractivity contribution is -0.388. The molecule has 0 aromatic heterocycles. The fourth-order valence-corrected chi connectivity index (χ4v) is 1.69. The quantitative estimate of drug-likeness (QED) is 0.566. The van der Waals surface area contributed by atoms with E-state index in [1.807, 2.05) is 13.8 Å². The van der Waals surface area contributed by atoms with Crippen molar-refractivity contribution in [3.05, 3.63) is 39.2 Å². The summed E-state index contributed by atoms with van der Waals surface area (Å²) in [5.74, 6) is -0.748. The van der Waals surface area contributed by atoms with E-state index in [1.54, 1.807) is 13.0 Å². The van der Waals surface area contributed by atoms with Gasteiger partial charge in [-0.05, 0) is 30.9 Å². The smallest absolute Gasteiger partial charge is 0.258 e. The van der Waals surface area contributed by atoms with Crippen molar-refractivity contribution in [1.29, 1.82) is 0 Å². The lowest BCUT2D eigenvalue weighted by atomic mass is 9.92. The minimum absolute atomic E-state index is 0.00102. The molecule has 0 fully saturated rings. The lowest BCUT2D eigenvalue weighted by Crippen LogP contribution is -2.04. The fraction of sp³-hybridized carbons (Fsp3) is 0.455. The van der Waals surface area contributed by atoms with Crippen LogP contribution in [-0.2, 0) is 0 Å². The molecule has 1 unspecified atom stereocenters. The van der Waals surface area contributed by atoms with E-state index in [9.17, 15) is 14.5 Å². The van der Waals surface area contributed by atoms with Gasteiger partial charge in [0, 0.05) is 5.56 Å². The van der Waals surface area contributed by atoms with Crippen molar-refractivity contribution in [3.63, 3.8) is 0 Å². The van der Waals surface area contributed by atoms with E-state index >= 15 is 0 Å². The van der Waals surface area contributed by atoms with E-state index < -0.39 is 10.7 Å². The Labute approximate surface area is 88.1 Å². The van der Waals surface area contributed by atoms with Crippen LogP contribution in [0.25, 0.3) is 0 Å². The van der Waals surface area contributed by atoms with Crippen molar-refractivity contribution in [3.8, 4) is 0 Å². The van der Waals surface area contributed by atoms with Gasteiger partial charge in [0.25, 0.3) is 0 Å². The third-order valence-electron chi connectivity index (χ3n) is 2.67. The number of nitro groups is 1. The van der Waals surface area contributed by atoms with Gasteiger partial charge in [-0.1, -0.05) is 19.9 Å². The predicted octanol–water partition coefficient (Wildman–Crippen LogP) is 3.56. The van der Waals surface area contributed by atoms with Crippen molar-refractivity contribution < 1.29 is 9.31 Å². The van der Waals surface area contributed by atoms with E-state index in [4.69, 9.17) is 0 Å². The van der Waals surface area contributed by atoms with Gasteiger partial charge in [-0.3, -0.25) is 10.1 Å². The van der Waals surface area contributed by atoms with Crippen molar-refractivity contribution in [1.82, 2.24) is 0 Å². The summed E-state index contributed by atoms with van der Waals surface area (Å²) in [5.41, 5.74) is 0.921. The summed E-state index contributed by atoms with van der Waals surface area (Å²) in [7, 11) is 0. The molecule has 15 heavy (non-hydrogen) atoms. The molecule has 0 aliphatic carbocycles. The molecule has 1 atom stereocenters. The highest BCUT2D eigenvalue weighted by Gasteiger charge is 2.24. The summed E-state index contributed by atoms with van der Waals surface area (Å²) in [6.07, 6.45) is 0.755. The molecule has 3 nitrogen and oxygen atoms in total. The van der Waals surface area contributed by atoms with E-state index in [-0.39, 0.29) is 11.6 Å². The first-order valence-electron chi connectivity index (χ1n) is 4.92. The van der Waals surface area contributed by atoms with Gasteiger partial charge in [0.2, 0.25) is 5.82 Å². The first-order valence-corrected chi connectivity index (χ1v) is 4.92. The molecule has 1 rings (SSSR count). The van der Waals surface area contributed by atoms with Gasteiger partial charge < -0.3 is 0 Å². The molecular weight excluding hydrogens is 197 g/mol. The molecule has 0 saturated carbocycles.